The number of hydrogen-bond donors (Lipinski definition) is 4. The van der Waals surface area contributed by atoms with Gasteiger partial charge in [-0.3, -0.25) is 14.2 Å². The van der Waals surface area contributed by atoms with E-state index in [1.54, 1.807) is 19.9 Å². The van der Waals surface area contributed by atoms with Crippen LogP contribution in [0.15, 0.2) is 65.5 Å². The van der Waals surface area contributed by atoms with Crippen molar-refractivity contribution in [1.82, 2.24) is 14.5 Å². The van der Waals surface area contributed by atoms with Crippen LogP contribution in [0.2, 0.25) is 0 Å². The van der Waals surface area contributed by atoms with Gasteiger partial charge in [0, 0.05) is 22.7 Å². The van der Waals surface area contributed by atoms with Crippen molar-refractivity contribution in [2.24, 2.45) is 0 Å². The van der Waals surface area contributed by atoms with E-state index in [-0.39, 0.29) is 39.5 Å². The minimum atomic E-state index is -5.32. The second-order valence-corrected chi connectivity index (χ2v) is 11.2. The first-order valence-corrected chi connectivity index (χ1v) is 14.8. The third kappa shape index (κ3) is 7.02. The Morgan fingerprint density at radius 3 is 2.22 bits per heavy atom. The highest BCUT2D eigenvalue weighted by atomic mass is 19.4. The Morgan fingerprint density at radius 1 is 0.920 bits per heavy atom. The molecule has 16 heteroatoms. The molecule has 0 atom stereocenters. The first kappa shape index (κ1) is 35.6. The summed E-state index contributed by atoms with van der Waals surface area (Å²) in [6.07, 6.45) is -5.32. The molecule has 4 N–H and O–H groups in total. The molecular formula is C34H28F5N5O6. The summed E-state index contributed by atoms with van der Waals surface area (Å²) in [6, 6.07) is 11.7. The van der Waals surface area contributed by atoms with E-state index in [1.807, 2.05) is 0 Å². The van der Waals surface area contributed by atoms with Gasteiger partial charge in [-0.1, -0.05) is 18.2 Å². The summed E-state index contributed by atoms with van der Waals surface area (Å²) in [6.45, 7) is 3.52. The fourth-order valence-corrected chi connectivity index (χ4v) is 5.04. The number of ether oxygens (including phenoxy) is 1. The average molecular weight is 698 g/mol. The third-order valence-corrected chi connectivity index (χ3v) is 7.78. The lowest BCUT2D eigenvalue weighted by Crippen LogP contribution is -2.29. The van der Waals surface area contributed by atoms with Crippen molar-refractivity contribution in [3.63, 3.8) is 0 Å². The maximum Gasteiger partial charge on any atom is 0.491 e. The highest BCUT2D eigenvalue weighted by molar-refractivity contribution is 6.07. The predicted molar refractivity (Wildman–Crippen MR) is 172 cm³/mol. The van der Waals surface area contributed by atoms with Crippen LogP contribution in [0.4, 0.5) is 33.6 Å². The Kier molecular flexibility index (Phi) is 9.96. The normalized spacial score (nSPS) is 11.6. The summed E-state index contributed by atoms with van der Waals surface area (Å²) in [5, 5.41) is 24.8. The van der Waals surface area contributed by atoms with Crippen molar-refractivity contribution >= 4 is 34.5 Å². The Hall–Kier alpha value is -5.74. The summed E-state index contributed by atoms with van der Waals surface area (Å²) >= 11 is 0. The number of hydrogen-bond acceptors (Lipinski definition) is 9. The van der Waals surface area contributed by atoms with Crippen LogP contribution in [0.25, 0.3) is 28.0 Å². The highest BCUT2D eigenvalue weighted by Crippen LogP contribution is 2.34. The van der Waals surface area contributed by atoms with Crippen LogP contribution in [0.5, 0.6) is 5.75 Å². The number of para-hydroxylation sites is 1. The fraction of sp³-hybridized carbons (Fsp3) is 0.206. The van der Waals surface area contributed by atoms with Gasteiger partial charge in [-0.05, 0) is 73.9 Å². The number of alkyl halides is 3. The molecule has 2 aromatic heterocycles. The summed E-state index contributed by atoms with van der Waals surface area (Å²) in [5.74, 6) is -6.36. The average Bonchev–Trinajstić information content (AvgIpc) is 3.06. The van der Waals surface area contributed by atoms with Crippen LogP contribution in [0.3, 0.4) is 0 Å². The van der Waals surface area contributed by atoms with Gasteiger partial charge in [-0.15, -0.1) is 0 Å². The zero-order valence-electron chi connectivity index (χ0n) is 26.5. The van der Waals surface area contributed by atoms with Gasteiger partial charge in [-0.25, -0.2) is 18.6 Å². The molecule has 0 fully saturated rings. The summed E-state index contributed by atoms with van der Waals surface area (Å²) in [7, 11) is 0. The SMILES string of the molecule is Cc1ccc(NC(=O)c2ccc(C)c(C)c2OC(=O)C(F)(F)F)cc1-c1nc(NC(CO)CO)nc2c1ccc(=O)n2-c1c(F)cccc1F. The van der Waals surface area contributed by atoms with Crippen LogP contribution < -0.4 is 20.9 Å². The van der Waals surface area contributed by atoms with Crippen molar-refractivity contribution < 1.29 is 46.5 Å². The zero-order chi connectivity index (χ0) is 36.5. The van der Waals surface area contributed by atoms with Gasteiger partial charge in [0.1, 0.15) is 23.1 Å². The van der Waals surface area contributed by atoms with Crippen molar-refractivity contribution in [3.8, 4) is 22.7 Å². The minimum absolute atomic E-state index is 0.0946. The van der Waals surface area contributed by atoms with Gasteiger partial charge >= 0.3 is 12.1 Å². The number of aromatic nitrogens is 3. The van der Waals surface area contributed by atoms with E-state index < -0.39 is 65.9 Å². The van der Waals surface area contributed by atoms with Gasteiger partial charge in [0.2, 0.25) is 5.95 Å². The van der Waals surface area contributed by atoms with E-state index >= 15 is 8.78 Å². The third-order valence-electron chi connectivity index (χ3n) is 7.78. The minimum Gasteiger partial charge on any atom is -0.419 e. The van der Waals surface area contributed by atoms with Crippen molar-refractivity contribution in [2.45, 2.75) is 33.0 Å². The molecule has 0 aliphatic carbocycles. The molecule has 3 aromatic carbocycles. The Bertz CT molecular complexity index is 2180. The smallest absolute Gasteiger partial charge is 0.419 e. The number of halogens is 5. The number of carbonyl (C=O) groups is 2. The van der Waals surface area contributed by atoms with E-state index in [2.05, 4.69) is 25.3 Å². The number of esters is 1. The molecule has 260 valence electrons. The zero-order valence-corrected chi connectivity index (χ0v) is 26.5. The van der Waals surface area contributed by atoms with E-state index in [9.17, 15) is 37.8 Å². The molecule has 11 nitrogen and oxygen atoms in total. The van der Waals surface area contributed by atoms with Gasteiger partial charge in [0.05, 0.1) is 30.5 Å². The molecule has 2 heterocycles. The number of aliphatic hydroxyl groups excluding tert-OH is 2. The monoisotopic (exact) mass is 697 g/mol. The maximum atomic E-state index is 15.0. The molecule has 0 unspecified atom stereocenters. The Balaban J connectivity index is 1.67. The molecule has 0 aliphatic heterocycles. The van der Waals surface area contributed by atoms with Crippen molar-refractivity contribution in [2.75, 3.05) is 23.8 Å². The van der Waals surface area contributed by atoms with Crippen LogP contribution >= 0.6 is 0 Å². The molecule has 50 heavy (non-hydrogen) atoms. The standard InChI is InChI=1S/C34H28F5N5O6/c1-16-8-10-22(29(18(16)3)50-32(49)34(37,38)39)31(48)40-19-9-7-17(2)23(13-19)27-21-11-12-26(47)44(28-24(35)5-4-6-25(28)36)30(21)43-33(42-27)41-20(14-45)15-46/h4-13,20,45-46H,14-15H2,1-3H3,(H,40,48)(H,41,42,43). The molecule has 0 spiro atoms. The molecule has 5 rings (SSSR count). The molecule has 0 radical (unpaired) electrons. The first-order chi connectivity index (χ1) is 23.6. The lowest BCUT2D eigenvalue weighted by Gasteiger charge is -2.19. The number of pyridine rings is 1. The van der Waals surface area contributed by atoms with Gasteiger partial charge < -0.3 is 25.6 Å². The number of benzene rings is 3. The lowest BCUT2D eigenvalue weighted by atomic mass is 10.0. The molecule has 0 aliphatic rings. The maximum absolute atomic E-state index is 15.0. The van der Waals surface area contributed by atoms with Crippen molar-refractivity contribution in [3.05, 3.63) is 105 Å². The molecule has 0 bridgehead atoms. The van der Waals surface area contributed by atoms with Crippen LogP contribution in [0.1, 0.15) is 27.0 Å². The molecule has 1 amide bonds. The number of nitrogens with zero attached hydrogens (tertiary/aromatic N) is 3. The van der Waals surface area contributed by atoms with E-state index in [1.165, 1.54) is 37.3 Å². The predicted octanol–water partition coefficient (Wildman–Crippen LogP) is 5.14. The number of rotatable bonds is 9. The number of fused-ring (bicyclic) bond motifs is 1. The number of aliphatic hydroxyl groups is 2. The van der Waals surface area contributed by atoms with Gasteiger partial charge in [0.15, 0.2) is 5.65 Å². The summed E-state index contributed by atoms with van der Waals surface area (Å²) in [5.41, 5.74) is -0.500. The highest BCUT2D eigenvalue weighted by Gasteiger charge is 2.42. The quantitative estimate of drug-likeness (QED) is 0.0932. The molecule has 5 aromatic rings. The largest absolute Gasteiger partial charge is 0.491 e. The molecule has 0 saturated carbocycles. The number of amides is 1. The second kappa shape index (κ2) is 14.0. The second-order valence-electron chi connectivity index (χ2n) is 11.2. The van der Waals surface area contributed by atoms with Gasteiger partial charge in [-0.2, -0.15) is 18.2 Å². The number of anilines is 2. The number of aryl methyl sites for hydroxylation is 2. The van der Waals surface area contributed by atoms with E-state index in [0.29, 0.717) is 21.3 Å². The van der Waals surface area contributed by atoms with Crippen LogP contribution in [0, 0.1) is 32.4 Å². The van der Waals surface area contributed by atoms with Gasteiger partial charge in [0.25, 0.3) is 11.5 Å². The fourth-order valence-electron chi connectivity index (χ4n) is 5.04. The first-order valence-electron chi connectivity index (χ1n) is 14.8. The Labute approximate surface area is 280 Å². The van der Waals surface area contributed by atoms with E-state index in [0.717, 1.165) is 24.3 Å². The lowest BCUT2D eigenvalue weighted by molar-refractivity contribution is -0.189. The van der Waals surface area contributed by atoms with E-state index in [4.69, 9.17) is 0 Å². The van der Waals surface area contributed by atoms with Crippen molar-refractivity contribution in [1.29, 1.82) is 0 Å². The Morgan fingerprint density at radius 2 is 1.58 bits per heavy atom. The summed E-state index contributed by atoms with van der Waals surface area (Å²) in [4.78, 5) is 47.1. The number of carbonyl (C=O) groups excluding carboxylic acids is 2. The summed E-state index contributed by atoms with van der Waals surface area (Å²) < 4.78 is 74.5. The van der Waals surface area contributed by atoms with Crippen LogP contribution in [-0.4, -0.2) is 62.1 Å². The number of nitrogens with one attached hydrogen (secondary N) is 2. The molecule has 0 saturated heterocycles. The molecular weight excluding hydrogens is 669 g/mol. The van der Waals surface area contributed by atoms with Crippen LogP contribution in [-0.2, 0) is 4.79 Å². The topological polar surface area (TPSA) is 156 Å².